The third kappa shape index (κ3) is 3.75. The number of benzene rings is 3. The summed E-state index contributed by atoms with van der Waals surface area (Å²) >= 11 is 9.81. The van der Waals surface area contributed by atoms with Crippen LogP contribution in [0.4, 0.5) is 5.69 Å². The standard InChI is InChI=1S/C25H19BrClNO5/c1-13-2-5-16(12-19(13)27)28-23(14-3-7-20-21(10-14)33-9-8-32-20)22(25(30)31)18-11-15(26)4-6-17(18)24(28)29/h2-7,10-12,22-23H,8-9H2,1H3,(H,30,31). The molecule has 0 saturated heterocycles. The minimum absolute atomic E-state index is 0.296. The van der Waals surface area contributed by atoms with Gasteiger partial charge in [0.2, 0.25) is 0 Å². The number of aryl methyl sites for hydroxylation is 1. The number of nitrogens with zero attached hydrogens (tertiary/aromatic N) is 1. The average molecular weight is 529 g/mol. The molecule has 3 aromatic rings. The summed E-state index contributed by atoms with van der Waals surface area (Å²) in [6, 6.07) is 14.9. The lowest BCUT2D eigenvalue weighted by molar-refractivity contribution is -0.139. The highest BCUT2D eigenvalue weighted by molar-refractivity contribution is 9.10. The summed E-state index contributed by atoms with van der Waals surface area (Å²) in [4.78, 5) is 28.0. The molecule has 0 aliphatic carbocycles. The number of amides is 1. The first-order valence-corrected chi connectivity index (χ1v) is 11.5. The van der Waals surface area contributed by atoms with Crippen LogP contribution in [0.25, 0.3) is 0 Å². The number of carboxylic acids is 1. The Morgan fingerprint density at radius 3 is 2.55 bits per heavy atom. The summed E-state index contributed by atoms with van der Waals surface area (Å²) in [5.74, 6) is -1.23. The van der Waals surface area contributed by atoms with Gasteiger partial charge in [0, 0.05) is 20.7 Å². The first-order valence-electron chi connectivity index (χ1n) is 10.4. The lowest BCUT2D eigenvalue weighted by Crippen LogP contribution is -2.45. The monoisotopic (exact) mass is 527 g/mol. The second kappa shape index (κ2) is 8.39. The van der Waals surface area contributed by atoms with E-state index in [9.17, 15) is 14.7 Å². The fourth-order valence-corrected chi connectivity index (χ4v) is 4.98. The molecule has 6 nitrogen and oxygen atoms in total. The van der Waals surface area contributed by atoms with Crippen molar-refractivity contribution in [1.82, 2.24) is 0 Å². The maximum atomic E-state index is 13.8. The molecule has 2 unspecified atom stereocenters. The van der Waals surface area contributed by atoms with Crippen LogP contribution in [0.3, 0.4) is 0 Å². The number of fused-ring (bicyclic) bond motifs is 2. The highest BCUT2D eigenvalue weighted by Crippen LogP contribution is 2.47. The third-order valence-corrected chi connectivity index (χ3v) is 6.90. The Labute approximate surface area is 203 Å². The third-order valence-electron chi connectivity index (χ3n) is 6.00. The number of carboxylic acid groups (broad SMARTS) is 1. The van der Waals surface area contributed by atoms with Gasteiger partial charge in [-0.3, -0.25) is 14.5 Å². The quantitative estimate of drug-likeness (QED) is 0.468. The number of halogens is 2. The van der Waals surface area contributed by atoms with Crippen LogP contribution in [0.15, 0.2) is 59.1 Å². The van der Waals surface area contributed by atoms with E-state index in [0.29, 0.717) is 56.6 Å². The van der Waals surface area contributed by atoms with Crippen LogP contribution >= 0.6 is 27.5 Å². The van der Waals surface area contributed by atoms with Crippen molar-refractivity contribution in [2.24, 2.45) is 0 Å². The van der Waals surface area contributed by atoms with E-state index in [0.717, 1.165) is 5.56 Å². The molecular formula is C25H19BrClNO5. The zero-order valence-corrected chi connectivity index (χ0v) is 19.9. The molecule has 0 saturated carbocycles. The zero-order valence-electron chi connectivity index (χ0n) is 17.5. The van der Waals surface area contributed by atoms with Crippen molar-refractivity contribution in [3.63, 3.8) is 0 Å². The molecule has 33 heavy (non-hydrogen) atoms. The molecule has 5 rings (SSSR count). The van der Waals surface area contributed by atoms with Crippen molar-refractivity contribution in [1.29, 1.82) is 0 Å². The average Bonchev–Trinajstić information content (AvgIpc) is 2.80. The lowest BCUT2D eigenvalue weighted by Gasteiger charge is -2.41. The van der Waals surface area contributed by atoms with Crippen molar-refractivity contribution in [2.45, 2.75) is 18.9 Å². The molecule has 0 aromatic heterocycles. The van der Waals surface area contributed by atoms with Gasteiger partial charge in [0.25, 0.3) is 5.91 Å². The molecule has 1 amide bonds. The van der Waals surface area contributed by atoms with Gasteiger partial charge in [0.15, 0.2) is 11.5 Å². The van der Waals surface area contributed by atoms with Crippen LogP contribution in [0.5, 0.6) is 11.5 Å². The van der Waals surface area contributed by atoms with E-state index in [1.165, 1.54) is 4.90 Å². The number of ether oxygens (including phenoxy) is 2. The van der Waals surface area contributed by atoms with E-state index in [2.05, 4.69) is 15.9 Å². The molecule has 0 radical (unpaired) electrons. The van der Waals surface area contributed by atoms with Gasteiger partial charge in [-0.1, -0.05) is 39.7 Å². The van der Waals surface area contributed by atoms with Crippen molar-refractivity contribution in [3.8, 4) is 11.5 Å². The molecule has 0 fully saturated rings. The van der Waals surface area contributed by atoms with Crippen molar-refractivity contribution >= 4 is 45.1 Å². The topological polar surface area (TPSA) is 76.1 Å². The Morgan fingerprint density at radius 1 is 1.06 bits per heavy atom. The predicted molar refractivity (Wildman–Crippen MR) is 128 cm³/mol. The Hall–Kier alpha value is -3.03. The molecular weight excluding hydrogens is 510 g/mol. The Morgan fingerprint density at radius 2 is 1.82 bits per heavy atom. The van der Waals surface area contributed by atoms with Crippen LogP contribution in [0.2, 0.25) is 5.02 Å². The molecule has 3 aromatic carbocycles. The second-order valence-electron chi connectivity index (χ2n) is 8.00. The number of rotatable bonds is 3. The summed E-state index contributed by atoms with van der Waals surface area (Å²) in [6.45, 7) is 2.71. The summed E-state index contributed by atoms with van der Waals surface area (Å²) in [5, 5.41) is 10.9. The number of anilines is 1. The second-order valence-corrected chi connectivity index (χ2v) is 9.33. The number of aliphatic carboxylic acids is 1. The number of hydrogen-bond acceptors (Lipinski definition) is 4. The number of carbonyl (C=O) groups is 2. The van der Waals surface area contributed by atoms with E-state index < -0.39 is 17.9 Å². The van der Waals surface area contributed by atoms with Crippen LogP contribution in [-0.4, -0.2) is 30.2 Å². The summed E-state index contributed by atoms with van der Waals surface area (Å²) in [6.07, 6.45) is 0. The van der Waals surface area contributed by atoms with E-state index in [-0.39, 0.29) is 5.91 Å². The highest BCUT2D eigenvalue weighted by Gasteiger charge is 2.45. The molecule has 2 aliphatic heterocycles. The van der Waals surface area contributed by atoms with E-state index in [4.69, 9.17) is 21.1 Å². The number of hydrogen-bond donors (Lipinski definition) is 1. The molecule has 0 bridgehead atoms. The largest absolute Gasteiger partial charge is 0.486 e. The van der Waals surface area contributed by atoms with Crippen molar-refractivity contribution in [3.05, 3.63) is 86.3 Å². The van der Waals surface area contributed by atoms with Gasteiger partial charge in [-0.25, -0.2) is 0 Å². The predicted octanol–water partition coefficient (Wildman–Crippen LogP) is 5.75. The van der Waals surface area contributed by atoms with E-state index >= 15 is 0 Å². The van der Waals surface area contributed by atoms with Crippen LogP contribution < -0.4 is 14.4 Å². The maximum Gasteiger partial charge on any atom is 0.313 e. The fraction of sp³-hybridized carbons (Fsp3) is 0.200. The first-order chi connectivity index (χ1) is 15.8. The molecule has 168 valence electrons. The maximum absolute atomic E-state index is 13.8. The number of carbonyl (C=O) groups excluding carboxylic acids is 1. The normalized spacial score (nSPS) is 19.2. The van der Waals surface area contributed by atoms with Gasteiger partial charge in [0.05, 0.1) is 6.04 Å². The smallest absolute Gasteiger partial charge is 0.313 e. The molecule has 0 spiro atoms. The van der Waals surface area contributed by atoms with Gasteiger partial charge < -0.3 is 14.6 Å². The Bertz CT molecular complexity index is 1290. The lowest BCUT2D eigenvalue weighted by atomic mass is 9.79. The van der Waals surface area contributed by atoms with Gasteiger partial charge in [-0.05, 0) is 66.1 Å². The summed E-state index contributed by atoms with van der Waals surface area (Å²) in [5.41, 5.74) is 2.81. The summed E-state index contributed by atoms with van der Waals surface area (Å²) < 4.78 is 12.1. The SMILES string of the molecule is Cc1ccc(N2C(=O)c3ccc(Br)cc3C(C(=O)O)C2c2ccc3c(c2)OCCO3)cc1Cl. The van der Waals surface area contributed by atoms with Gasteiger partial charge >= 0.3 is 5.97 Å². The minimum Gasteiger partial charge on any atom is -0.486 e. The van der Waals surface area contributed by atoms with Crippen molar-refractivity contribution < 1.29 is 24.2 Å². The first kappa shape index (κ1) is 21.8. The zero-order chi connectivity index (χ0) is 23.3. The molecule has 2 aliphatic rings. The van der Waals surface area contributed by atoms with Crippen LogP contribution in [-0.2, 0) is 4.79 Å². The van der Waals surface area contributed by atoms with Crippen molar-refractivity contribution in [2.75, 3.05) is 18.1 Å². The fourth-order valence-electron chi connectivity index (χ4n) is 4.42. The van der Waals surface area contributed by atoms with Crippen LogP contribution in [0, 0.1) is 6.92 Å². The molecule has 1 N–H and O–H groups in total. The van der Waals surface area contributed by atoms with Crippen LogP contribution in [0.1, 0.15) is 39.0 Å². The molecule has 8 heteroatoms. The summed E-state index contributed by atoms with van der Waals surface area (Å²) in [7, 11) is 0. The van der Waals surface area contributed by atoms with E-state index in [1.54, 1.807) is 48.5 Å². The van der Waals surface area contributed by atoms with Gasteiger partial charge in [-0.15, -0.1) is 0 Å². The Balaban J connectivity index is 1.76. The van der Waals surface area contributed by atoms with Gasteiger partial charge in [0.1, 0.15) is 19.1 Å². The highest BCUT2D eigenvalue weighted by atomic mass is 79.9. The van der Waals surface area contributed by atoms with Gasteiger partial charge in [-0.2, -0.15) is 0 Å². The molecule has 2 atom stereocenters. The molecule has 2 heterocycles. The Kier molecular flexibility index (Phi) is 5.54. The van der Waals surface area contributed by atoms with E-state index in [1.807, 2.05) is 13.0 Å². The minimum atomic E-state index is -1.04.